The molecule has 2 fully saturated rings. The number of esters is 1. The lowest BCUT2D eigenvalue weighted by molar-refractivity contribution is -0.161. The third-order valence-corrected chi connectivity index (χ3v) is 3.93. The topological polar surface area (TPSA) is 59.1 Å². The zero-order valence-corrected chi connectivity index (χ0v) is 12.2. The summed E-state index contributed by atoms with van der Waals surface area (Å²) in [5.74, 6) is -0.200. The van der Waals surface area contributed by atoms with Gasteiger partial charge < -0.3 is 14.4 Å². The number of amides is 1. The standard InChI is InChI=1S/C14H24N2O4/c1-19-14(18)12-10-15(8-9-20-12)11-13(17)16-6-4-2-3-5-7-16/h12H,2-11H2,1H3. The highest BCUT2D eigenvalue weighted by Crippen LogP contribution is 2.11. The smallest absolute Gasteiger partial charge is 0.336 e. The molecule has 1 unspecified atom stereocenters. The maximum Gasteiger partial charge on any atom is 0.336 e. The third kappa shape index (κ3) is 4.18. The number of rotatable bonds is 3. The predicted octanol–water partition coefficient (Wildman–Crippen LogP) is 0.263. The molecule has 1 amide bonds. The van der Waals surface area contributed by atoms with Crippen molar-refractivity contribution < 1.29 is 19.1 Å². The number of carbonyl (C=O) groups is 2. The van der Waals surface area contributed by atoms with Gasteiger partial charge in [0.25, 0.3) is 0 Å². The molecule has 0 N–H and O–H groups in total. The van der Waals surface area contributed by atoms with Crippen molar-refractivity contribution in [3.8, 4) is 0 Å². The fraction of sp³-hybridized carbons (Fsp3) is 0.857. The molecular weight excluding hydrogens is 260 g/mol. The summed E-state index contributed by atoms with van der Waals surface area (Å²) in [6, 6.07) is 0. The highest BCUT2D eigenvalue weighted by molar-refractivity contribution is 5.79. The molecule has 0 saturated carbocycles. The van der Waals surface area contributed by atoms with Crippen LogP contribution in [0, 0.1) is 0 Å². The number of methoxy groups -OCH3 is 1. The summed E-state index contributed by atoms with van der Waals surface area (Å²) < 4.78 is 10.1. The molecule has 0 aliphatic carbocycles. The molecular formula is C14H24N2O4. The molecule has 0 aromatic heterocycles. The largest absolute Gasteiger partial charge is 0.467 e. The maximum absolute atomic E-state index is 12.3. The van der Waals surface area contributed by atoms with E-state index in [-0.39, 0.29) is 11.9 Å². The molecule has 0 aromatic rings. The van der Waals surface area contributed by atoms with Crippen molar-refractivity contribution in [3.63, 3.8) is 0 Å². The van der Waals surface area contributed by atoms with Crippen LogP contribution >= 0.6 is 0 Å². The quantitative estimate of drug-likeness (QED) is 0.696. The van der Waals surface area contributed by atoms with Crippen LogP contribution < -0.4 is 0 Å². The monoisotopic (exact) mass is 284 g/mol. The van der Waals surface area contributed by atoms with Crippen molar-refractivity contribution in [1.29, 1.82) is 0 Å². The molecule has 0 radical (unpaired) electrons. The van der Waals surface area contributed by atoms with E-state index in [1.807, 2.05) is 9.80 Å². The van der Waals surface area contributed by atoms with Gasteiger partial charge in [0.2, 0.25) is 5.91 Å². The fourth-order valence-corrected chi connectivity index (χ4v) is 2.73. The molecule has 2 rings (SSSR count). The highest BCUT2D eigenvalue weighted by Gasteiger charge is 2.29. The van der Waals surface area contributed by atoms with Gasteiger partial charge in [-0.3, -0.25) is 9.69 Å². The summed E-state index contributed by atoms with van der Waals surface area (Å²) in [5.41, 5.74) is 0. The zero-order valence-electron chi connectivity index (χ0n) is 12.2. The van der Waals surface area contributed by atoms with Crippen LogP contribution in [0.1, 0.15) is 25.7 Å². The Bertz CT molecular complexity index is 340. The second kappa shape index (κ2) is 7.59. The second-order valence-electron chi connectivity index (χ2n) is 5.41. The Morgan fingerprint density at radius 2 is 1.85 bits per heavy atom. The minimum absolute atomic E-state index is 0.164. The van der Waals surface area contributed by atoms with Crippen LogP contribution in [0.4, 0.5) is 0 Å². The van der Waals surface area contributed by atoms with E-state index in [1.165, 1.54) is 20.0 Å². The Kier molecular flexibility index (Phi) is 5.79. The second-order valence-corrected chi connectivity index (χ2v) is 5.41. The van der Waals surface area contributed by atoms with Gasteiger partial charge in [0.15, 0.2) is 6.10 Å². The Hall–Kier alpha value is -1.14. The molecule has 6 heteroatoms. The van der Waals surface area contributed by atoms with Crippen LogP contribution in [0.15, 0.2) is 0 Å². The van der Waals surface area contributed by atoms with E-state index in [0.717, 1.165) is 25.9 Å². The molecule has 2 saturated heterocycles. The summed E-state index contributed by atoms with van der Waals surface area (Å²) in [6.07, 6.45) is 4.06. The van der Waals surface area contributed by atoms with Crippen molar-refractivity contribution in [3.05, 3.63) is 0 Å². The minimum Gasteiger partial charge on any atom is -0.467 e. The van der Waals surface area contributed by atoms with Crippen molar-refractivity contribution in [1.82, 2.24) is 9.80 Å². The molecule has 0 spiro atoms. The predicted molar refractivity (Wildman–Crippen MR) is 73.2 cm³/mol. The number of nitrogens with zero attached hydrogens (tertiary/aromatic N) is 2. The van der Waals surface area contributed by atoms with Crippen LogP contribution in [0.3, 0.4) is 0 Å². The summed E-state index contributed by atoms with van der Waals surface area (Å²) in [7, 11) is 1.35. The molecule has 0 bridgehead atoms. The van der Waals surface area contributed by atoms with Gasteiger partial charge in [0.1, 0.15) is 0 Å². The van der Waals surface area contributed by atoms with Gasteiger partial charge in [-0.2, -0.15) is 0 Å². The molecule has 0 aromatic carbocycles. The van der Waals surface area contributed by atoms with Gasteiger partial charge in [0.05, 0.1) is 20.3 Å². The minimum atomic E-state index is -0.564. The van der Waals surface area contributed by atoms with Crippen LogP contribution in [-0.4, -0.2) is 74.2 Å². The van der Waals surface area contributed by atoms with Crippen molar-refractivity contribution >= 4 is 11.9 Å². The van der Waals surface area contributed by atoms with Crippen LogP contribution in [0.25, 0.3) is 0 Å². The summed E-state index contributed by atoms with van der Waals surface area (Å²) in [6.45, 7) is 3.69. The lowest BCUT2D eigenvalue weighted by Gasteiger charge is -2.32. The molecule has 20 heavy (non-hydrogen) atoms. The van der Waals surface area contributed by atoms with Gasteiger partial charge in [-0.05, 0) is 12.8 Å². The van der Waals surface area contributed by atoms with E-state index in [1.54, 1.807) is 0 Å². The van der Waals surface area contributed by atoms with E-state index in [9.17, 15) is 9.59 Å². The Balaban J connectivity index is 1.82. The average molecular weight is 284 g/mol. The molecule has 2 aliphatic heterocycles. The Morgan fingerprint density at radius 1 is 1.15 bits per heavy atom. The SMILES string of the molecule is COC(=O)C1CN(CC(=O)N2CCCCCC2)CCO1. The number of ether oxygens (including phenoxy) is 2. The van der Waals surface area contributed by atoms with Gasteiger partial charge in [0, 0.05) is 26.2 Å². The number of carbonyl (C=O) groups excluding carboxylic acids is 2. The molecule has 2 aliphatic rings. The number of hydrogen-bond acceptors (Lipinski definition) is 5. The molecule has 1 atom stereocenters. The molecule has 2 heterocycles. The Morgan fingerprint density at radius 3 is 2.50 bits per heavy atom. The van der Waals surface area contributed by atoms with E-state index < -0.39 is 6.10 Å². The van der Waals surface area contributed by atoms with Gasteiger partial charge >= 0.3 is 5.97 Å². The first-order valence-electron chi connectivity index (χ1n) is 7.40. The van der Waals surface area contributed by atoms with E-state index in [4.69, 9.17) is 4.74 Å². The first-order valence-corrected chi connectivity index (χ1v) is 7.40. The zero-order chi connectivity index (χ0) is 14.4. The van der Waals surface area contributed by atoms with Crippen LogP contribution in [0.5, 0.6) is 0 Å². The highest BCUT2D eigenvalue weighted by atomic mass is 16.6. The lowest BCUT2D eigenvalue weighted by atomic mass is 10.2. The van der Waals surface area contributed by atoms with E-state index >= 15 is 0 Å². The van der Waals surface area contributed by atoms with E-state index in [0.29, 0.717) is 26.2 Å². The summed E-state index contributed by atoms with van der Waals surface area (Å²) in [5, 5.41) is 0. The van der Waals surface area contributed by atoms with Gasteiger partial charge in [-0.1, -0.05) is 12.8 Å². The normalized spacial score (nSPS) is 25.1. The fourth-order valence-electron chi connectivity index (χ4n) is 2.73. The number of hydrogen-bond donors (Lipinski definition) is 0. The van der Waals surface area contributed by atoms with Crippen LogP contribution in [-0.2, 0) is 19.1 Å². The van der Waals surface area contributed by atoms with Gasteiger partial charge in [-0.25, -0.2) is 4.79 Å². The van der Waals surface area contributed by atoms with E-state index in [2.05, 4.69) is 4.74 Å². The van der Waals surface area contributed by atoms with Crippen LogP contribution in [0.2, 0.25) is 0 Å². The first-order chi connectivity index (χ1) is 9.70. The Labute approximate surface area is 120 Å². The van der Waals surface area contributed by atoms with Gasteiger partial charge in [-0.15, -0.1) is 0 Å². The maximum atomic E-state index is 12.3. The summed E-state index contributed by atoms with van der Waals surface area (Å²) >= 11 is 0. The molecule has 6 nitrogen and oxygen atoms in total. The van der Waals surface area contributed by atoms with Crippen molar-refractivity contribution in [2.75, 3.05) is 46.4 Å². The first kappa shape index (κ1) is 15.3. The third-order valence-electron chi connectivity index (χ3n) is 3.93. The summed E-state index contributed by atoms with van der Waals surface area (Å²) in [4.78, 5) is 27.7. The molecule has 114 valence electrons. The van der Waals surface area contributed by atoms with Crippen molar-refractivity contribution in [2.45, 2.75) is 31.8 Å². The van der Waals surface area contributed by atoms with Crippen molar-refractivity contribution in [2.24, 2.45) is 0 Å². The lowest BCUT2D eigenvalue weighted by Crippen LogP contribution is -2.50. The number of likely N-dealkylation sites (tertiary alicyclic amines) is 1. The average Bonchev–Trinajstić information content (AvgIpc) is 2.76. The number of morpholine rings is 1.